The summed E-state index contributed by atoms with van der Waals surface area (Å²) in [5.41, 5.74) is 7.62. The van der Waals surface area contributed by atoms with Crippen LogP contribution in [0.2, 0.25) is 5.02 Å². The summed E-state index contributed by atoms with van der Waals surface area (Å²) in [6.45, 7) is 2.08. The van der Waals surface area contributed by atoms with Crippen LogP contribution >= 0.6 is 11.6 Å². The normalized spacial score (nSPS) is 10.6. The first-order valence-electron chi connectivity index (χ1n) is 5.22. The van der Waals surface area contributed by atoms with E-state index in [9.17, 15) is 0 Å². The highest BCUT2D eigenvalue weighted by molar-refractivity contribution is 6.30. The lowest BCUT2D eigenvalue weighted by Crippen LogP contribution is -1.90. The lowest BCUT2D eigenvalue weighted by Gasteiger charge is -2.01. The van der Waals surface area contributed by atoms with Gasteiger partial charge in [0.25, 0.3) is 0 Å². The van der Waals surface area contributed by atoms with Crippen LogP contribution in [0.5, 0.6) is 0 Å². The van der Waals surface area contributed by atoms with Gasteiger partial charge in [-0.25, -0.2) is 0 Å². The number of nitrogens with two attached hydrogens (primary N) is 1. The first-order valence-corrected chi connectivity index (χ1v) is 5.60. The van der Waals surface area contributed by atoms with Gasteiger partial charge in [-0.2, -0.15) is 0 Å². The number of aromatic nitrogens is 1. The Labute approximate surface area is 99.2 Å². The third kappa shape index (κ3) is 2.04. The maximum Gasteiger partial charge on any atom is 0.175 e. The fraction of sp³-hybridized carbons (Fsp3) is 0.250. The summed E-state index contributed by atoms with van der Waals surface area (Å²) < 4.78 is 5.21. The van der Waals surface area contributed by atoms with Gasteiger partial charge in [-0.1, -0.05) is 35.8 Å². The molecule has 2 aromatic rings. The van der Waals surface area contributed by atoms with Crippen LogP contribution in [0.25, 0.3) is 11.1 Å². The van der Waals surface area contributed by atoms with E-state index < -0.39 is 0 Å². The zero-order valence-electron chi connectivity index (χ0n) is 9.03. The number of nitrogen functional groups attached to an aromatic ring is 1. The summed E-state index contributed by atoms with van der Waals surface area (Å²) in [6.07, 6.45) is 1.81. The fourth-order valence-corrected chi connectivity index (χ4v) is 1.88. The Balaban J connectivity index is 2.50. The number of halogens is 1. The fourth-order valence-electron chi connectivity index (χ4n) is 1.69. The van der Waals surface area contributed by atoms with Crippen molar-refractivity contribution in [2.24, 2.45) is 0 Å². The number of hydrogen-bond acceptors (Lipinski definition) is 3. The van der Waals surface area contributed by atoms with E-state index in [1.54, 1.807) is 0 Å². The third-order valence-electron chi connectivity index (χ3n) is 2.38. The van der Waals surface area contributed by atoms with Crippen LogP contribution in [0.4, 0.5) is 5.82 Å². The summed E-state index contributed by atoms with van der Waals surface area (Å²) in [6, 6.07) is 7.53. The van der Waals surface area contributed by atoms with Crippen molar-refractivity contribution in [1.29, 1.82) is 0 Å². The first kappa shape index (κ1) is 11.0. The molecule has 0 aliphatic carbocycles. The number of benzene rings is 1. The molecule has 0 fully saturated rings. The highest BCUT2D eigenvalue weighted by Gasteiger charge is 2.14. The molecule has 84 valence electrons. The average Bonchev–Trinajstić information content (AvgIpc) is 2.60. The van der Waals surface area contributed by atoms with Gasteiger partial charge < -0.3 is 10.3 Å². The number of hydrogen-bond donors (Lipinski definition) is 1. The van der Waals surface area contributed by atoms with Crippen molar-refractivity contribution >= 4 is 17.4 Å². The summed E-state index contributed by atoms with van der Waals surface area (Å²) >= 11 is 5.95. The van der Waals surface area contributed by atoms with Crippen molar-refractivity contribution in [2.75, 3.05) is 5.73 Å². The highest BCUT2D eigenvalue weighted by atomic mass is 35.5. The van der Waals surface area contributed by atoms with Crippen molar-refractivity contribution < 1.29 is 4.52 Å². The number of nitrogens with zero attached hydrogens (tertiary/aromatic N) is 1. The molecule has 0 aliphatic rings. The van der Waals surface area contributed by atoms with E-state index in [1.807, 2.05) is 24.3 Å². The van der Waals surface area contributed by atoms with E-state index in [4.69, 9.17) is 21.9 Å². The molecule has 0 amide bonds. The molecular weight excluding hydrogens is 224 g/mol. The zero-order valence-corrected chi connectivity index (χ0v) is 9.79. The Morgan fingerprint density at radius 3 is 2.94 bits per heavy atom. The Hall–Kier alpha value is -1.48. The molecule has 0 saturated carbocycles. The monoisotopic (exact) mass is 236 g/mol. The molecule has 1 aromatic carbocycles. The molecule has 0 bridgehead atoms. The van der Waals surface area contributed by atoms with Gasteiger partial charge in [0.05, 0.1) is 5.56 Å². The molecule has 2 rings (SSSR count). The first-order chi connectivity index (χ1) is 7.72. The van der Waals surface area contributed by atoms with Crippen LogP contribution in [0.15, 0.2) is 28.8 Å². The second-order valence-electron chi connectivity index (χ2n) is 3.63. The minimum absolute atomic E-state index is 0.422. The van der Waals surface area contributed by atoms with Crippen LogP contribution in [0.1, 0.15) is 19.1 Å². The standard InChI is InChI=1S/C12H13ClN2O/c1-2-4-10-11(12(14)15-16-10)8-5-3-6-9(13)7-8/h3,5-7H,2,4H2,1H3,(H2,14,15). The van der Waals surface area contributed by atoms with E-state index in [-0.39, 0.29) is 0 Å². The Kier molecular flexibility index (Phi) is 3.15. The molecule has 0 aliphatic heterocycles. The van der Waals surface area contributed by atoms with Gasteiger partial charge in [0, 0.05) is 11.4 Å². The largest absolute Gasteiger partial charge is 0.380 e. The quantitative estimate of drug-likeness (QED) is 0.887. The van der Waals surface area contributed by atoms with Crippen molar-refractivity contribution in [3.63, 3.8) is 0 Å². The second-order valence-corrected chi connectivity index (χ2v) is 4.06. The molecule has 3 nitrogen and oxygen atoms in total. The molecule has 0 atom stereocenters. The average molecular weight is 237 g/mol. The molecule has 16 heavy (non-hydrogen) atoms. The Morgan fingerprint density at radius 2 is 2.25 bits per heavy atom. The number of anilines is 1. The molecule has 4 heteroatoms. The molecule has 0 saturated heterocycles. The lowest BCUT2D eigenvalue weighted by atomic mass is 10.0. The summed E-state index contributed by atoms with van der Waals surface area (Å²) in [5, 5.41) is 4.48. The van der Waals surface area contributed by atoms with Gasteiger partial charge >= 0.3 is 0 Å². The van der Waals surface area contributed by atoms with Crippen molar-refractivity contribution in [3.8, 4) is 11.1 Å². The summed E-state index contributed by atoms with van der Waals surface area (Å²) in [7, 11) is 0. The minimum Gasteiger partial charge on any atom is -0.380 e. The van der Waals surface area contributed by atoms with Crippen LogP contribution in [0.3, 0.4) is 0 Å². The highest BCUT2D eigenvalue weighted by Crippen LogP contribution is 2.31. The van der Waals surface area contributed by atoms with Gasteiger partial charge in [0.1, 0.15) is 5.76 Å². The maximum atomic E-state index is 5.95. The lowest BCUT2D eigenvalue weighted by molar-refractivity contribution is 0.385. The predicted molar refractivity (Wildman–Crippen MR) is 65.4 cm³/mol. The molecule has 1 aromatic heterocycles. The van der Waals surface area contributed by atoms with Crippen LogP contribution in [-0.2, 0) is 6.42 Å². The Bertz CT molecular complexity index is 494. The van der Waals surface area contributed by atoms with Gasteiger partial charge in [0.2, 0.25) is 0 Å². The van der Waals surface area contributed by atoms with Crippen molar-refractivity contribution in [1.82, 2.24) is 5.16 Å². The van der Waals surface area contributed by atoms with Gasteiger partial charge in [0.15, 0.2) is 5.82 Å². The van der Waals surface area contributed by atoms with Crippen LogP contribution < -0.4 is 5.73 Å². The van der Waals surface area contributed by atoms with Crippen molar-refractivity contribution in [2.45, 2.75) is 19.8 Å². The zero-order chi connectivity index (χ0) is 11.5. The molecule has 2 N–H and O–H groups in total. The van der Waals surface area contributed by atoms with Crippen molar-refractivity contribution in [3.05, 3.63) is 35.0 Å². The molecule has 0 unspecified atom stereocenters. The topological polar surface area (TPSA) is 52.0 Å². The van der Waals surface area contributed by atoms with Crippen LogP contribution in [0, 0.1) is 0 Å². The third-order valence-corrected chi connectivity index (χ3v) is 2.61. The summed E-state index contributed by atoms with van der Waals surface area (Å²) in [5.74, 6) is 1.24. The van der Waals surface area contributed by atoms with Gasteiger partial charge in [-0.05, 0) is 24.1 Å². The van der Waals surface area contributed by atoms with E-state index in [2.05, 4.69) is 12.1 Å². The Morgan fingerprint density at radius 1 is 1.44 bits per heavy atom. The van der Waals surface area contributed by atoms with Gasteiger partial charge in [-0.15, -0.1) is 0 Å². The summed E-state index contributed by atoms with van der Waals surface area (Å²) in [4.78, 5) is 0. The second kappa shape index (κ2) is 4.58. The van der Waals surface area contributed by atoms with Gasteiger partial charge in [-0.3, -0.25) is 0 Å². The maximum absolute atomic E-state index is 5.95. The minimum atomic E-state index is 0.422. The van der Waals surface area contributed by atoms with E-state index in [0.29, 0.717) is 10.8 Å². The van der Waals surface area contributed by atoms with E-state index in [1.165, 1.54) is 0 Å². The smallest absolute Gasteiger partial charge is 0.175 e. The molecule has 0 spiro atoms. The SMILES string of the molecule is CCCc1onc(N)c1-c1cccc(Cl)c1. The van der Waals surface area contributed by atoms with Crippen LogP contribution in [-0.4, -0.2) is 5.16 Å². The molecule has 1 heterocycles. The number of aryl methyl sites for hydroxylation is 1. The van der Waals surface area contributed by atoms with E-state index >= 15 is 0 Å². The predicted octanol–water partition coefficient (Wildman–Crippen LogP) is 3.53. The van der Waals surface area contributed by atoms with E-state index in [0.717, 1.165) is 29.7 Å². The molecular formula is C12H13ClN2O. The number of rotatable bonds is 3. The molecule has 0 radical (unpaired) electrons.